The Kier molecular flexibility index (Phi) is 4.19. The van der Waals surface area contributed by atoms with Crippen LogP contribution in [0.1, 0.15) is 44.0 Å². The van der Waals surface area contributed by atoms with Crippen LogP contribution in [0.2, 0.25) is 0 Å². The van der Waals surface area contributed by atoms with Crippen molar-refractivity contribution < 1.29 is 0 Å². The minimum atomic E-state index is 0.321. The zero-order chi connectivity index (χ0) is 13.1. The molecule has 2 unspecified atom stereocenters. The molecule has 2 aromatic rings. The van der Waals surface area contributed by atoms with Gasteiger partial charge in [-0.2, -0.15) is 11.3 Å². The van der Waals surface area contributed by atoms with Gasteiger partial charge in [-0.05, 0) is 35.2 Å². The lowest BCUT2D eigenvalue weighted by atomic mass is 9.92. The van der Waals surface area contributed by atoms with E-state index in [4.69, 9.17) is 5.73 Å². The fraction of sp³-hybridized carbons (Fsp3) is 0.500. The summed E-state index contributed by atoms with van der Waals surface area (Å²) in [6.07, 6.45) is 3.88. The lowest BCUT2D eigenvalue weighted by molar-refractivity contribution is 0.463. The highest BCUT2D eigenvalue weighted by Gasteiger charge is 2.21. The van der Waals surface area contributed by atoms with Gasteiger partial charge in [0.2, 0.25) is 0 Å². The number of nitrogens with zero attached hydrogens (tertiary/aromatic N) is 2. The molecule has 2 rings (SSSR count). The molecular weight excluding hydrogens is 242 g/mol. The van der Waals surface area contributed by atoms with Crippen molar-refractivity contribution in [3.05, 3.63) is 40.6 Å². The molecule has 4 heteroatoms. The van der Waals surface area contributed by atoms with Gasteiger partial charge in [0.1, 0.15) is 0 Å². The molecule has 0 amide bonds. The molecule has 0 bridgehead atoms. The Bertz CT molecular complexity index is 473. The predicted molar refractivity (Wildman–Crippen MR) is 77.0 cm³/mol. The smallest absolute Gasteiger partial charge is 0.0953 e. The van der Waals surface area contributed by atoms with Crippen molar-refractivity contribution in [1.29, 1.82) is 0 Å². The third kappa shape index (κ3) is 2.49. The fourth-order valence-corrected chi connectivity index (χ4v) is 3.08. The number of rotatable bonds is 5. The molecule has 0 aliphatic rings. The highest BCUT2D eigenvalue weighted by atomic mass is 32.1. The van der Waals surface area contributed by atoms with Crippen LogP contribution in [-0.4, -0.2) is 16.1 Å². The van der Waals surface area contributed by atoms with Crippen LogP contribution in [0.3, 0.4) is 0 Å². The number of imidazole rings is 1. The molecule has 98 valence electrons. The second-order valence-electron chi connectivity index (χ2n) is 5.04. The third-order valence-corrected chi connectivity index (χ3v) is 4.28. The van der Waals surface area contributed by atoms with Crippen LogP contribution in [0, 0.1) is 5.92 Å². The topological polar surface area (TPSA) is 43.8 Å². The minimum absolute atomic E-state index is 0.321. The highest BCUT2D eigenvalue weighted by Crippen LogP contribution is 2.28. The maximum absolute atomic E-state index is 5.91. The molecule has 0 radical (unpaired) electrons. The van der Waals surface area contributed by atoms with Crippen LogP contribution >= 0.6 is 11.3 Å². The summed E-state index contributed by atoms with van der Waals surface area (Å²) in [6.45, 7) is 7.30. The highest BCUT2D eigenvalue weighted by molar-refractivity contribution is 7.07. The van der Waals surface area contributed by atoms with E-state index in [-0.39, 0.29) is 0 Å². The van der Waals surface area contributed by atoms with Crippen molar-refractivity contribution in [1.82, 2.24) is 9.55 Å². The molecule has 0 saturated carbocycles. The van der Waals surface area contributed by atoms with Gasteiger partial charge >= 0.3 is 0 Å². The zero-order valence-electron chi connectivity index (χ0n) is 11.2. The first kappa shape index (κ1) is 13.3. The molecule has 0 aromatic carbocycles. The number of aromatic nitrogens is 2. The largest absolute Gasteiger partial charge is 0.330 e. The number of thiophene rings is 1. The molecule has 0 aliphatic carbocycles. The van der Waals surface area contributed by atoms with Gasteiger partial charge in [-0.25, -0.2) is 4.98 Å². The number of hydrogen-bond donors (Lipinski definition) is 1. The molecule has 2 atom stereocenters. The maximum atomic E-state index is 5.91. The number of nitrogens with two attached hydrogens (primary N) is 1. The second kappa shape index (κ2) is 5.67. The molecule has 0 aliphatic heterocycles. The molecular formula is C14H21N3S. The molecule has 0 spiro atoms. The van der Waals surface area contributed by atoms with E-state index in [1.165, 1.54) is 11.3 Å². The Morgan fingerprint density at radius 3 is 2.72 bits per heavy atom. The van der Waals surface area contributed by atoms with Crippen molar-refractivity contribution in [3.8, 4) is 0 Å². The van der Waals surface area contributed by atoms with E-state index in [1.54, 1.807) is 11.3 Å². The van der Waals surface area contributed by atoms with Gasteiger partial charge in [-0.1, -0.05) is 13.8 Å². The fourth-order valence-electron chi connectivity index (χ4n) is 2.33. The minimum Gasteiger partial charge on any atom is -0.330 e. The summed E-state index contributed by atoms with van der Waals surface area (Å²) in [5.74, 6) is 0.897. The van der Waals surface area contributed by atoms with Crippen molar-refractivity contribution in [2.75, 3.05) is 6.54 Å². The average Bonchev–Trinajstić information content (AvgIpc) is 3.00. The monoisotopic (exact) mass is 263 g/mol. The molecule has 18 heavy (non-hydrogen) atoms. The van der Waals surface area contributed by atoms with Gasteiger partial charge in [-0.3, -0.25) is 0 Å². The van der Waals surface area contributed by atoms with Crippen molar-refractivity contribution >= 4 is 11.3 Å². The molecule has 3 nitrogen and oxygen atoms in total. The molecule has 2 N–H and O–H groups in total. The van der Waals surface area contributed by atoms with Crippen LogP contribution in [0.4, 0.5) is 0 Å². The SMILES string of the molecule is CC(C)C(CN)c1cncn1C(C)c1ccsc1. The quantitative estimate of drug-likeness (QED) is 0.900. The Hall–Kier alpha value is -1.13. The van der Waals surface area contributed by atoms with E-state index in [0.717, 1.165) is 0 Å². The first-order chi connectivity index (χ1) is 8.65. The van der Waals surface area contributed by atoms with Gasteiger partial charge < -0.3 is 10.3 Å². The Morgan fingerprint density at radius 2 is 2.17 bits per heavy atom. The van der Waals surface area contributed by atoms with Gasteiger partial charge in [0, 0.05) is 24.4 Å². The first-order valence-corrected chi connectivity index (χ1v) is 7.33. The van der Waals surface area contributed by atoms with Crippen molar-refractivity contribution in [3.63, 3.8) is 0 Å². The second-order valence-corrected chi connectivity index (χ2v) is 5.82. The summed E-state index contributed by atoms with van der Waals surface area (Å²) >= 11 is 1.73. The Labute approximate surface area is 113 Å². The lowest BCUT2D eigenvalue weighted by Gasteiger charge is -2.23. The first-order valence-electron chi connectivity index (χ1n) is 6.39. The van der Waals surface area contributed by atoms with Gasteiger partial charge in [-0.15, -0.1) is 0 Å². The van der Waals surface area contributed by atoms with Crippen LogP contribution < -0.4 is 5.73 Å². The van der Waals surface area contributed by atoms with Crippen LogP contribution in [0.25, 0.3) is 0 Å². The summed E-state index contributed by atoms with van der Waals surface area (Å²) in [5, 5.41) is 4.31. The van der Waals surface area contributed by atoms with Gasteiger partial charge in [0.15, 0.2) is 0 Å². The van der Waals surface area contributed by atoms with Crippen molar-refractivity contribution in [2.45, 2.75) is 32.7 Å². The normalized spacial score (nSPS) is 14.9. The van der Waals surface area contributed by atoms with Crippen LogP contribution in [0.15, 0.2) is 29.4 Å². The van der Waals surface area contributed by atoms with E-state index in [2.05, 4.69) is 47.1 Å². The number of hydrogen-bond acceptors (Lipinski definition) is 3. The van der Waals surface area contributed by atoms with Crippen LogP contribution in [-0.2, 0) is 0 Å². The summed E-state index contributed by atoms with van der Waals surface area (Å²) in [5.41, 5.74) is 8.49. The van der Waals surface area contributed by atoms with Gasteiger partial charge in [0.05, 0.1) is 12.4 Å². The summed E-state index contributed by atoms with van der Waals surface area (Å²) in [7, 11) is 0. The molecule has 2 aromatic heterocycles. The standard InChI is InChI=1S/C14H21N3S/c1-10(2)13(6-15)14-7-16-9-17(14)11(3)12-4-5-18-8-12/h4-5,7-11,13H,6,15H2,1-3H3. The molecule has 0 saturated heterocycles. The molecule has 2 heterocycles. The average molecular weight is 263 g/mol. The third-order valence-electron chi connectivity index (χ3n) is 3.58. The Balaban J connectivity index is 2.32. The van der Waals surface area contributed by atoms with E-state index >= 15 is 0 Å². The van der Waals surface area contributed by atoms with Gasteiger partial charge in [0.25, 0.3) is 0 Å². The van der Waals surface area contributed by atoms with E-state index in [1.807, 2.05) is 12.5 Å². The summed E-state index contributed by atoms with van der Waals surface area (Å²) < 4.78 is 2.25. The lowest BCUT2D eigenvalue weighted by Crippen LogP contribution is -2.22. The maximum Gasteiger partial charge on any atom is 0.0953 e. The summed E-state index contributed by atoms with van der Waals surface area (Å²) in [4.78, 5) is 4.32. The predicted octanol–water partition coefficient (Wildman–Crippen LogP) is 3.25. The van der Waals surface area contributed by atoms with Crippen LogP contribution in [0.5, 0.6) is 0 Å². The summed E-state index contributed by atoms with van der Waals surface area (Å²) in [6, 6.07) is 2.49. The van der Waals surface area contributed by atoms with E-state index in [0.29, 0.717) is 24.4 Å². The Morgan fingerprint density at radius 1 is 1.39 bits per heavy atom. The molecule has 0 fully saturated rings. The zero-order valence-corrected chi connectivity index (χ0v) is 12.0. The van der Waals surface area contributed by atoms with E-state index < -0.39 is 0 Å². The van der Waals surface area contributed by atoms with E-state index in [9.17, 15) is 0 Å². The van der Waals surface area contributed by atoms with Crippen molar-refractivity contribution in [2.24, 2.45) is 11.7 Å².